The predicted molar refractivity (Wildman–Crippen MR) is 109 cm³/mol. The molecule has 150 valence electrons. The molecule has 28 heavy (non-hydrogen) atoms. The fourth-order valence-corrected chi connectivity index (χ4v) is 5.24. The lowest BCUT2D eigenvalue weighted by atomic mass is 10.2. The lowest BCUT2D eigenvalue weighted by Gasteiger charge is -2.12. The molecule has 1 fully saturated rings. The third kappa shape index (κ3) is 4.32. The van der Waals surface area contributed by atoms with Crippen molar-refractivity contribution >= 4 is 17.7 Å². The van der Waals surface area contributed by atoms with Crippen molar-refractivity contribution in [2.45, 2.75) is 74.7 Å². The van der Waals surface area contributed by atoms with Crippen molar-refractivity contribution in [1.82, 2.24) is 24.6 Å². The number of aryl methyl sites for hydroxylation is 2. The predicted octanol–water partition coefficient (Wildman–Crippen LogP) is 2.63. The summed E-state index contributed by atoms with van der Waals surface area (Å²) in [6.45, 7) is 1.80. The van der Waals surface area contributed by atoms with Crippen LogP contribution >= 0.6 is 11.8 Å². The number of hydrogen-bond donors (Lipinski definition) is 1. The first kappa shape index (κ1) is 19.2. The Morgan fingerprint density at radius 1 is 1.25 bits per heavy atom. The van der Waals surface area contributed by atoms with Crippen LogP contribution in [0.3, 0.4) is 0 Å². The number of aromatic nitrogens is 4. The SMILES string of the molecule is O=C(NCCCn1nc2n(c1=O)CCCC2)c1cccnc1SC1CCCC1. The Balaban J connectivity index is 1.30. The summed E-state index contributed by atoms with van der Waals surface area (Å²) in [5, 5.41) is 8.80. The Labute approximate surface area is 168 Å². The maximum absolute atomic E-state index is 12.6. The topological polar surface area (TPSA) is 81.8 Å². The monoisotopic (exact) mass is 401 g/mol. The van der Waals surface area contributed by atoms with E-state index in [4.69, 9.17) is 0 Å². The van der Waals surface area contributed by atoms with Crippen LogP contribution in [-0.2, 0) is 19.5 Å². The highest BCUT2D eigenvalue weighted by Crippen LogP contribution is 2.35. The van der Waals surface area contributed by atoms with Gasteiger partial charge in [0.25, 0.3) is 5.91 Å². The molecule has 1 aliphatic heterocycles. The lowest BCUT2D eigenvalue weighted by Crippen LogP contribution is -2.29. The first-order valence-corrected chi connectivity index (χ1v) is 11.2. The van der Waals surface area contributed by atoms with Crippen molar-refractivity contribution in [1.29, 1.82) is 0 Å². The standard InChI is InChI=1S/C20H27N5O2S/c26-18(16-9-5-11-22-19(16)28-15-7-1-2-8-15)21-12-6-14-25-20(27)24-13-4-3-10-17(24)23-25/h5,9,11,15H,1-4,6-8,10,12-14H2,(H,21,26). The maximum atomic E-state index is 12.6. The Kier molecular flexibility index (Phi) is 6.14. The highest BCUT2D eigenvalue weighted by molar-refractivity contribution is 7.99. The average molecular weight is 402 g/mol. The van der Waals surface area contributed by atoms with Gasteiger partial charge in [-0.3, -0.25) is 9.36 Å². The Hall–Kier alpha value is -2.09. The number of amides is 1. The molecular formula is C20H27N5O2S. The van der Waals surface area contributed by atoms with Crippen LogP contribution in [0.2, 0.25) is 0 Å². The van der Waals surface area contributed by atoms with Crippen LogP contribution in [0.5, 0.6) is 0 Å². The van der Waals surface area contributed by atoms with E-state index in [9.17, 15) is 9.59 Å². The summed E-state index contributed by atoms with van der Waals surface area (Å²) in [4.78, 5) is 29.4. The minimum Gasteiger partial charge on any atom is -0.352 e. The second kappa shape index (κ2) is 8.94. The smallest absolute Gasteiger partial charge is 0.345 e. The fourth-order valence-electron chi connectivity index (χ4n) is 3.94. The number of fused-ring (bicyclic) bond motifs is 1. The normalized spacial score (nSPS) is 16.9. The van der Waals surface area contributed by atoms with E-state index in [1.165, 1.54) is 30.4 Å². The molecule has 7 nitrogen and oxygen atoms in total. The highest BCUT2D eigenvalue weighted by Gasteiger charge is 2.21. The zero-order chi connectivity index (χ0) is 19.3. The summed E-state index contributed by atoms with van der Waals surface area (Å²) in [7, 11) is 0. The molecule has 2 aromatic heterocycles. The molecule has 0 aromatic carbocycles. The molecule has 0 radical (unpaired) electrons. The fraction of sp³-hybridized carbons (Fsp3) is 0.600. The Morgan fingerprint density at radius 3 is 2.93 bits per heavy atom. The number of nitrogens with zero attached hydrogens (tertiary/aromatic N) is 4. The van der Waals surface area contributed by atoms with Gasteiger partial charge in [-0.25, -0.2) is 14.5 Å². The molecule has 1 aliphatic carbocycles. The molecule has 4 rings (SSSR count). The van der Waals surface area contributed by atoms with Crippen LogP contribution in [0, 0.1) is 0 Å². The summed E-state index contributed by atoms with van der Waals surface area (Å²) in [6.07, 6.45) is 10.4. The van der Waals surface area contributed by atoms with Gasteiger partial charge in [0.15, 0.2) is 0 Å². The zero-order valence-corrected chi connectivity index (χ0v) is 16.9. The third-order valence-electron chi connectivity index (χ3n) is 5.46. The quantitative estimate of drug-likeness (QED) is 0.721. The highest BCUT2D eigenvalue weighted by atomic mass is 32.2. The second-order valence-corrected chi connectivity index (χ2v) is 8.81. The van der Waals surface area contributed by atoms with E-state index in [0.717, 1.165) is 36.7 Å². The molecule has 8 heteroatoms. The largest absolute Gasteiger partial charge is 0.352 e. The molecule has 1 amide bonds. The number of hydrogen-bond acceptors (Lipinski definition) is 5. The molecule has 1 saturated carbocycles. The first-order chi connectivity index (χ1) is 13.7. The van der Waals surface area contributed by atoms with Crippen molar-refractivity contribution in [3.8, 4) is 0 Å². The van der Waals surface area contributed by atoms with Crippen molar-refractivity contribution in [2.24, 2.45) is 0 Å². The van der Waals surface area contributed by atoms with E-state index >= 15 is 0 Å². The molecule has 0 saturated heterocycles. The number of carbonyl (C=O) groups is 1. The van der Waals surface area contributed by atoms with Crippen LogP contribution in [0.4, 0.5) is 0 Å². The summed E-state index contributed by atoms with van der Waals surface area (Å²) in [5.41, 5.74) is 0.623. The van der Waals surface area contributed by atoms with Gasteiger partial charge in [0.1, 0.15) is 10.9 Å². The summed E-state index contributed by atoms with van der Waals surface area (Å²) < 4.78 is 3.32. The van der Waals surface area contributed by atoms with Crippen LogP contribution < -0.4 is 11.0 Å². The van der Waals surface area contributed by atoms with E-state index in [0.29, 0.717) is 30.3 Å². The average Bonchev–Trinajstić information content (AvgIpc) is 3.34. The van der Waals surface area contributed by atoms with Gasteiger partial charge in [0.05, 0.1) is 5.56 Å². The minimum absolute atomic E-state index is 0.0245. The van der Waals surface area contributed by atoms with Crippen LogP contribution in [0.15, 0.2) is 28.2 Å². The molecular weight excluding hydrogens is 374 g/mol. The number of rotatable bonds is 7. The molecule has 2 aromatic rings. The Morgan fingerprint density at radius 2 is 2.11 bits per heavy atom. The van der Waals surface area contributed by atoms with E-state index < -0.39 is 0 Å². The lowest BCUT2D eigenvalue weighted by molar-refractivity contribution is 0.0949. The third-order valence-corrected chi connectivity index (χ3v) is 6.81. The molecule has 2 aliphatic rings. The van der Waals surface area contributed by atoms with Gasteiger partial charge in [-0.2, -0.15) is 5.10 Å². The minimum atomic E-state index is -0.0925. The van der Waals surface area contributed by atoms with Crippen molar-refractivity contribution in [3.63, 3.8) is 0 Å². The van der Waals surface area contributed by atoms with E-state index in [-0.39, 0.29) is 11.6 Å². The van der Waals surface area contributed by atoms with Crippen LogP contribution in [0.1, 0.15) is 61.1 Å². The second-order valence-electron chi connectivity index (χ2n) is 7.52. The van der Waals surface area contributed by atoms with Gasteiger partial charge in [0.2, 0.25) is 0 Å². The maximum Gasteiger partial charge on any atom is 0.345 e. The van der Waals surface area contributed by atoms with Crippen LogP contribution in [0.25, 0.3) is 0 Å². The molecule has 1 N–H and O–H groups in total. The van der Waals surface area contributed by atoms with Gasteiger partial charge >= 0.3 is 5.69 Å². The number of thioether (sulfide) groups is 1. The van der Waals surface area contributed by atoms with Crippen molar-refractivity contribution < 1.29 is 4.79 Å². The number of pyridine rings is 1. The van der Waals surface area contributed by atoms with Gasteiger partial charge in [-0.1, -0.05) is 12.8 Å². The summed E-state index contributed by atoms with van der Waals surface area (Å²) in [5.74, 6) is 0.800. The molecule has 0 atom stereocenters. The summed E-state index contributed by atoms with van der Waals surface area (Å²) >= 11 is 1.73. The Bertz CT molecular complexity index is 885. The van der Waals surface area contributed by atoms with E-state index in [1.807, 2.05) is 12.1 Å². The van der Waals surface area contributed by atoms with Crippen molar-refractivity contribution in [2.75, 3.05) is 6.54 Å². The van der Waals surface area contributed by atoms with E-state index in [1.54, 1.807) is 22.5 Å². The van der Waals surface area contributed by atoms with Gasteiger partial charge in [-0.05, 0) is 44.2 Å². The van der Waals surface area contributed by atoms with Gasteiger partial charge < -0.3 is 5.32 Å². The van der Waals surface area contributed by atoms with Gasteiger partial charge in [-0.15, -0.1) is 11.8 Å². The summed E-state index contributed by atoms with van der Waals surface area (Å²) in [6, 6.07) is 3.65. The number of carbonyl (C=O) groups excluding carboxylic acids is 1. The molecule has 3 heterocycles. The van der Waals surface area contributed by atoms with Crippen LogP contribution in [-0.4, -0.2) is 37.0 Å². The molecule has 0 unspecified atom stereocenters. The van der Waals surface area contributed by atoms with Gasteiger partial charge in [0, 0.05) is 37.5 Å². The molecule has 0 bridgehead atoms. The number of nitrogens with one attached hydrogen (secondary N) is 1. The van der Waals surface area contributed by atoms with Crippen molar-refractivity contribution in [3.05, 3.63) is 40.2 Å². The van der Waals surface area contributed by atoms with E-state index in [2.05, 4.69) is 15.4 Å². The zero-order valence-electron chi connectivity index (χ0n) is 16.1. The first-order valence-electron chi connectivity index (χ1n) is 10.3. The molecule has 0 spiro atoms.